The average molecular weight is 208 g/mol. The van der Waals surface area contributed by atoms with E-state index in [0.717, 1.165) is 17.7 Å². The van der Waals surface area contributed by atoms with Crippen molar-refractivity contribution in [1.82, 2.24) is 0 Å². The van der Waals surface area contributed by atoms with Gasteiger partial charge in [-0.05, 0) is 24.0 Å². The summed E-state index contributed by atoms with van der Waals surface area (Å²) in [6.45, 7) is 0. The number of benzene rings is 1. The van der Waals surface area contributed by atoms with Crippen LogP contribution in [-0.2, 0) is 10.2 Å². The summed E-state index contributed by atoms with van der Waals surface area (Å²) >= 11 is 5.82. The van der Waals surface area contributed by atoms with Crippen LogP contribution >= 0.6 is 11.6 Å². The number of nitrogens with one attached hydrogen (secondary N) is 1. The summed E-state index contributed by atoms with van der Waals surface area (Å²) in [6.07, 6.45) is 0.902. The molecule has 72 valence electrons. The van der Waals surface area contributed by atoms with Crippen molar-refractivity contribution in [3.8, 4) is 0 Å². The Labute approximate surface area is 87.3 Å². The topological polar surface area (TPSA) is 29.1 Å². The highest BCUT2D eigenvalue weighted by atomic mass is 35.5. The highest BCUT2D eigenvalue weighted by molar-refractivity contribution is 6.19. The second-order valence-corrected chi connectivity index (χ2v) is 4.34. The maximum atomic E-state index is 11.8. The van der Waals surface area contributed by atoms with E-state index in [9.17, 15) is 4.79 Å². The summed E-state index contributed by atoms with van der Waals surface area (Å²) in [4.78, 5) is 11.8. The van der Waals surface area contributed by atoms with E-state index in [1.807, 2.05) is 24.3 Å². The van der Waals surface area contributed by atoms with E-state index in [2.05, 4.69) is 5.32 Å². The highest BCUT2D eigenvalue weighted by Gasteiger charge is 2.63. The first-order valence-corrected chi connectivity index (χ1v) is 5.29. The van der Waals surface area contributed by atoms with Crippen LogP contribution < -0.4 is 5.32 Å². The number of carbonyl (C=O) groups is 1. The Bertz CT molecular complexity index is 418. The third-order valence-electron chi connectivity index (χ3n) is 3.35. The van der Waals surface area contributed by atoms with Gasteiger partial charge in [0.2, 0.25) is 5.91 Å². The number of rotatable bonds is 1. The molecule has 1 spiro atoms. The summed E-state index contributed by atoms with van der Waals surface area (Å²) in [5.74, 6) is 1.03. The van der Waals surface area contributed by atoms with Crippen LogP contribution in [0.3, 0.4) is 0 Å². The Morgan fingerprint density at radius 2 is 2.29 bits per heavy atom. The monoisotopic (exact) mass is 207 g/mol. The van der Waals surface area contributed by atoms with E-state index >= 15 is 0 Å². The molecule has 1 heterocycles. The normalized spacial score (nSPS) is 32.9. The minimum absolute atomic E-state index is 0.129. The summed E-state index contributed by atoms with van der Waals surface area (Å²) in [7, 11) is 0. The van der Waals surface area contributed by atoms with Crippen molar-refractivity contribution in [3.63, 3.8) is 0 Å². The number of hydrogen-bond donors (Lipinski definition) is 1. The van der Waals surface area contributed by atoms with Gasteiger partial charge in [-0.15, -0.1) is 11.6 Å². The maximum Gasteiger partial charge on any atom is 0.235 e. The summed E-state index contributed by atoms with van der Waals surface area (Å²) < 4.78 is 0. The van der Waals surface area contributed by atoms with Crippen molar-refractivity contribution in [2.24, 2.45) is 5.92 Å². The molecular weight excluding hydrogens is 198 g/mol. The molecule has 1 fully saturated rings. The molecule has 2 aliphatic rings. The molecule has 1 amide bonds. The largest absolute Gasteiger partial charge is 0.325 e. The van der Waals surface area contributed by atoms with Gasteiger partial charge in [-0.3, -0.25) is 4.79 Å². The SMILES string of the molecule is O=C1Nc2ccccc2[C@]12C[C@H]2CCl. The van der Waals surface area contributed by atoms with E-state index < -0.39 is 0 Å². The molecule has 0 aromatic heterocycles. The van der Waals surface area contributed by atoms with Gasteiger partial charge in [-0.2, -0.15) is 0 Å². The molecule has 1 N–H and O–H groups in total. The zero-order valence-electron chi connectivity index (χ0n) is 7.59. The molecule has 0 saturated heterocycles. The Kier molecular flexibility index (Phi) is 1.49. The van der Waals surface area contributed by atoms with Crippen LogP contribution in [0, 0.1) is 5.92 Å². The van der Waals surface area contributed by atoms with Crippen molar-refractivity contribution in [2.45, 2.75) is 11.8 Å². The number of alkyl halides is 1. The lowest BCUT2D eigenvalue weighted by Gasteiger charge is -2.05. The van der Waals surface area contributed by atoms with Crippen molar-refractivity contribution in [3.05, 3.63) is 29.8 Å². The zero-order valence-corrected chi connectivity index (χ0v) is 8.34. The lowest BCUT2D eigenvalue weighted by atomic mass is 9.95. The molecular formula is C11H10ClNO. The van der Waals surface area contributed by atoms with E-state index in [0.29, 0.717) is 11.8 Å². The zero-order chi connectivity index (χ0) is 9.76. The average Bonchev–Trinajstić information content (AvgIpc) is 2.87. The molecule has 3 heteroatoms. The molecule has 2 atom stereocenters. The molecule has 2 nitrogen and oxygen atoms in total. The van der Waals surface area contributed by atoms with Crippen LogP contribution in [0.4, 0.5) is 5.69 Å². The number of fused-ring (bicyclic) bond motifs is 2. The van der Waals surface area contributed by atoms with E-state index in [1.54, 1.807) is 0 Å². The number of halogens is 1. The number of para-hydroxylation sites is 1. The molecule has 0 bridgehead atoms. The highest BCUT2D eigenvalue weighted by Crippen LogP contribution is 2.60. The second-order valence-electron chi connectivity index (χ2n) is 4.03. The van der Waals surface area contributed by atoms with Crippen LogP contribution in [0.1, 0.15) is 12.0 Å². The van der Waals surface area contributed by atoms with Crippen LogP contribution in [0.2, 0.25) is 0 Å². The van der Waals surface area contributed by atoms with Crippen molar-refractivity contribution in [2.75, 3.05) is 11.2 Å². The first-order chi connectivity index (χ1) is 6.79. The molecule has 0 unspecified atom stereocenters. The van der Waals surface area contributed by atoms with Gasteiger partial charge in [0.25, 0.3) is 0 Å². The van der Waals surface area contributed by atoms with Crippen LogP contribution in [0.5, 0.6) is 0 Å². The fourth-order valence-corrected chi connectivity index (χ4v) is 2.83. The Morgan fingerprint density at radius 3 is 3.00 bits per heavy atom. The number of anilines is 1. The lowest BCUT2D eigenvalue weighted by Crippen LogP contribution is -2.21. The second kappa shape index (κ2) is 2.51. The van der Waals surface area contributed by atoms with Crippen molar-refractivity contribution >= 4 is 23.2 Å². The van der Waals surface area contributed by atoms with Gasteiger partial charge < -0.3 is 5.32 Å². The Hall–Kier alpha value is -1.02. The minimum atomic E-state index is -0.279. The third-order valence-corrected chi connectivity index (χ3v) is 3.73. The molecule has 1 aromatic carbocycles. The van der Waals surface area contributed by atoms with Crippen LogP contribution in [0.25, 0.3) is 0 Å². The molecule has 1 aliphatic carbocycles. The molecule has 1 aliphatic heterocycles. The van der Waals surface area contributed by atoms with Gasteiger partial charge in [0.1, 0.15) is 0 Å². The third kappa shape index (κ3) is 0.800. The van der Waals surface area contributed by atoms with Crippen molar-refractivity contribution < 1.29 is 4.79 Å². The predicted molar refractivity (Wildman–Crippen MR) is 55.6 cm³/mol. The Morgan fingerprint density at radius 1 is 1.50 bits per heavy atom. The smallest absolute Gasteiger partial charge is 0.235 e. The fraction of sp³-hybridized carbons (Fsp3) is 0.364. The van der Waals surface area contributed by atoms with E-state index in [-0.39, 0.29) is 11.3 Å². The van der Waals surface area contributed by atoms with Gasteiger partial charge >= 0.3 is 0 Å². The van der Waals surface area contributed by atoms with Gasteiger partial charge in [0.15, 0.2) is 0 Å². The summed E-state index contributed by atoms with van der Waals surface area (Å²) in [6, 6.07) is 7.89. The fourth-order valence-electron chi connectivity index (χ4n) is 2.46. The quantitative estimate of drug-likeness (QED) is 0.703. The standard InChI is InChI=1S/C11H10ClNO/c12-6-7-5-11(7)8-3-1-2-4-9(8)13-10(11)14/h1-4,7H,5-6H2,(H,13,14)/t7-,11+/m0/s1. The maximum absolute atomic E-state index is 11.8. The van der Waals surface area contributed by atoms with Crippen LogP contribution in [0.15, 0.2) is 24.3 Å². The van der Waals surface area contributed by atoms with E-state index in [4.69, 9.17) is 11.6 Å². The molecule has 14 heavy (non-hydrogen) atoms. The van der Waals surface area contributed by atoms with Crippen LogP contribution in [-0.4, -0.2) is 11.8 Å². The van der Waals surface area contributed by atoms with Gasteiger partial charge in [-0.1, -0.05) is 18.2 Å². The first kappa shape index (κ1) is 8.30. The Balaban J connectivity index is 2.13. The van der Waals surface area contributed by atoms with E-state index in [1.165, 1.54) is 0 Å². The molecule has 1 saturated carbocycles. The predicted octanol–water partition coefficient (Wildman–Crippen LogP) is 2.14. The lowest BCUT2D eigenvalue weighted by molar-refractivity contribution is -0.118. The molecule has 0 radical (unpaired) electrons. The number of amides is 1. The van der Waals surface area contributed by atoms with Crippen molar-refractivity contribution in [1.29, 1.82) is 0 Å². The van der Waals surface area contributed by atoms with Gasteiger partial charge in [-0.25, -0.2) is 0 Å². The summed E-state index contributed by atoms with van der Waals surface area (Å²) in [5.41, 5.74) is 1.82. The number of carbonyl (C=O) groups excluding carboxylic acids is 1. The van der Waals surface area contributed by atoms with Gasteiger partial charge in [0.05, 0.1) is 5.41 Å². The minimum Gasteiger partial charge on any atom is -0.325 e. The summed E-state index contributed by atoms with van der Waals surface area (Å²) in [5, 5.41) is 2.92. The first-order valence-electron chi connectivity index (χ1n) is 4.76. The van der Waals surface area contributed by atoms with Gasteiger partial charge in [0, 0.05) is 11.6 Å². The number of hydrogen-bond acceptors (Lipinski definition) is 1. The molecule has 1 aromatic rings. The molecule has 3 rings (SSSR count).